The van der Waals surface area contributed by atoms with E-state index < -0.39 is 64.9 Å². The lowest BCUT2D eigenvalue weighted by molar-refractivity contribution is -0.144. The van der Waals surface area contributed by atoms with E-state index in [0.29, 0.717) is 24.8 Å². The third kappa shape index (κ3) is 14.0. The van der Waals surface area contributed by atoms with Gasteiger partial charge in [0.15, 0.2) is 11.6 Å². The molecule has 5 amide bonds. The summed E-state index contributed by atoms with van der Waals surface area (Å²) in [6.45, 7) is 14.3. The molecule has 0 spiro atoms. The minimum Gasteiger partial charge on any atom is -0.488 e. The molecule has 0 radical (unpaired) electrons. The van der Waals surface area contributed by atoms with Gasteiger partial charge in [0.05, 0.1) is 34.3 Å². The van der Waals surface area contributed by atoms with Gasteiger partial charge in [-0.15, -0.1) is 11.3 Å². The molecule has 6 N–H and O–H groups in total. The van der Waals surface area contributed by atoms with E-state index in [1.54, 1.807) is 49.8 Å². The Labute approximate surface area is 356 Å². The molecule has 3 aromatic rings. The number of ether oxygens (including phenoxy) is 2. The van der Waals surface area contributed by atoms with Gasteiger partial charge in [0.25, 0.3) is 0 Å². The maximum absolute atomic E-state index is 15.5. The second-order valence-corrected chi connectivity index (χ2v) is 18.3. The molecular weight excluding hydrogens is 792 g/mol. The van der Waals surface area contributed by atoms with Crippen LogP contribution >= 0.6 is 11.3 Å². The number of carbonyl (C=O) groups excluding carboxylic acids is 5. The second kappa shape index (κ2) is 20.9. The number of alkyl carbamates (subject to hydrolysis) is 1. The number of amides is 5. The van der Waals surface area contributed by atoms with Crippen molar-refractivity contribution in [1.29, 1.82) is 0 Å². The first-order chi connectivity index (χ1) is 28.1. The number of nitrogens with one attached hydrogen (secondary N) is 3. The number of hydrogen-bond donors (Lipinski definition) is 5. The number of likely N-dealkylation sites (tertiary alicyclic amines) is 1. The zero-order valence-electron chi connectivity index (χ0n) is 35.9. The van der Waals surface area contributed by atoms with Crippen LogP contribution in [0.1, 0.15) is 110 Å². The number of nitrogens with two attached hydrogens (primary N) is 1. The van der Waals surface area contributed by atoms with Gasteiger partial charge < -0.3 is 41.2 Å². The van der Waals surface area contributed by atoms with E-state index in [1.807, 2.05) is 58.9 Å². The third-order valence-corrected chi connectivity index (χ3v) is 11.1. The van der Waals surface area contributed by atoms with Gasteiger partial charge in [0, 0.05) is 25.8 Å². The smallest absolute Gasteiger partial charge is 0.407 e. The Morgan fingerprint density at radius 3 is 2.32 bits per heavy atom. The first kappa shape index (κ1) is 47.6. The first-order valence-corrected chi connectivity index (χ1v) is 21.3. The molecule has 14 nitrogen and oxygen atoms in total. The molecule has 16 heteroatoms. The van der Waals surface area contributed by atoms with Crippen molar-refractivity contribution in [2.24, 2.45) is 11.1 Å². The minimum atomic E-state index is -0.978. The van der Waals surface area contributed by atoms with E-state index in [1.165, 1.54) is 11.0 Å². The Morgan fingerprint density at radius 1 is 1.00 bits per heavy atom. The lowest BCUT2D eigenvalue weighted by Crippen LogP contribution is -2.57. The molecule has 1 fully saturated rings. The largest absolute Gasteiger partial charge is 0.488 e. The van der Waals surface area contributed by atoms with E-state index in [4.69, 9.17) is 15.2 Å². The maximum Gasteiger partial charge on any atom is 0.407 e. The fraction of sp³-hybridized carbons (Fsp3) is 0.545. The van der Waals surface area contributed by atoms with Crippen molar-refractivity contribution in [3.05, 3.63) is 70.6 Å². The van der Waals surface area contributed by atoms with Crippen LogP contribution in [0.5, 0.6) is 5.75 Å². The molecule has 1 aromatic heterocycles. The summed E-state index contributed by atoms with van der Waals surface area (Å²) in [7, 11) is 0. The van der Waals surface area contributed by atoms with E-state index in [-0.39, 0.29) is 56.5 Å². The number of rotatable bonds is 18. The van der Waals surface area contributed by atoms with E-state index in [2.05, 4.69) is 20.9 Å². The zero-order chi connectivity index (χ0) is 44.4. The van der Waals surface area contributed by atoms with Crippen molar-refractivity contribution in [3.8, 4) is 16.2 Å². The fourth-order valence-electron chi connectivity index (χ4n) is 6.89. The van der Waals surface area contributed by atoms with Crippen LogP contribution in [0.25, 0.3) is 10.4 Å². The number of hydrogen-bond acceptors (Lipinski definition) is 10. The summed E-state index contributed by atoms with van der Waals surface area (Å²) in [6, 6.07) is 9.65. The number of benzene rings is 2. The molecule has 0 unspecified atom stereocenters. The van der Waals surface area contributed by atoms with Crippen LogP contribution in [0.4, 0.5) is 9.18 Å². The summed E-state index contributed by atoms with van der Waals surface area (Å²) in [5.74, 6) is -2.38. The average molecular weight is 853 g/mol. The van der Waals surface area contributed by atoms with Gasteiger partial charge in [-0.25, -0.2) is 14.2 Å². The molecule has 1 aliphatic heterocycles. The van der Waals surface area contributed by atoms with Gasteiger partial charge in [-0.05, 0) is 88.5 Å². The molecule has 1 saturated heterocycles. The number of primary amides is 1. The number of aromatic nitrogens is 1. The number of thiazole rings is 1. The summed E-state index contributed by atoms with van der Waals surface area (Å²) < 4.78 is 26.5. The van der Waals surface area contributed by atoms with Crippen LogP contribution < -0.4 is 26.4 Å². The minimum absolute atomic E-state index is 0.0193. The fourth-order valence-corrected chi connectivity index (χ4v) is 7.70. The van der Waals surface area contributed by atoms with Crippen molar-refractivity contribution >= 4 is 41.1 Å². The van der Waals surface area contributed by atoms with E-state index in [9.17, 15) is 29.1 Å². The van der Waals surface area contributed by atoms with Crippen LogP contribution in [0, 0.1) is 18.2 Å². The van der Waals surface area contributed by atoms with Gasteiger partial charge in [0.2, 0.25) is 23.6 Å². The Hall–Kier alpha value is -5.09. The van der Waals surface area contributed by atoms with Crippen molar-refractivity contribution in [2.45, 2.75) is 136 Å². The Morgan fingerprint density at radius 2 is 1.70 bits per heavy atom. The normalized spacial score (nSPS) is 17.0. The molecule has 4 rings (SSSR count). The van der Waals surface area contributed by atoms with Crippen molar-refractivity contribution < 1.29 is 42.9 Å². The standard InChI is InChI=1S/C44H61FN6O8S/c1-26(28-16-18-30(19-17-28)38-27(2)47-25-60-38)48-40(55)33-22-32(52)23-51(33)41(56)39(43(3,4)5)50-36(54)15-10-9-12-29-13-11-14-34(37(29)45)58-24-31(20-21-35(46)53)49-42(57)59-44(6,7)8/h11,13-14,16-19,25-26,31-33,39,52H,9-10,12,15,20-24H2,1-8H3,(H2,46,53)(H,48,55)(H,49,57)(H,50,54)/t26-,31-,32+,33-,39+/m0/s1. The Bertz CT molecular complexity index is 1960. The van der Waals surface area contributed by atoms with Crippen LogP contribution in [0.2, 0.25) is 0 Å². The molecule has 2 heterocycles. The summed E-state index contributed by atoms with van der Waals surface area (Å²) in [5.41, 5.74) is 8.87. The summed E-state index contributed by atoms with van der Waals surface area (Å²) >= 11 is 1.56. The number of aliphatic hydroxyl groups excluding tert-OH is 1. The van der Waals surface area contributed by atoms with Crippen LogP contribution in [-0.2, 0) is 30.3 Å². The Balaban J connectivity index is 1.31. The summed E-state index contributed by atoms with van der Waals surface area (Å²) in [4.78, 5) is 71.5. The van der Waals surface area contributed by atoms with Crippen LogP contribution in [0.3, 0.4) is 0 Å². The summed E-state index contributed by atoms with van der Waals surface area (Å²) in [6.07, 6.45) is -0.168. The monoisotopic (exact) mass is 852 g/mol. The molecule has 5 atom stereocenters. The molecular formula is C44H61FN6O8S. The van der Waals surface area contributed by atoms with E-state index >= 15 is 4.39 Å². The number of aryl methyl sites for hydroxylation is 2. The van der Waals surface area contributed by atoms with Crippen LogP contribution in [-0.4, -0.2) is 87.7 Å². The lowest BCUT2D eigenvalue weighted by Gasteiger charge is -2.35. The van der Waals surface area contributed by atoms with Gasteiger partial charge >= 0.3 is 6.09 Å². The number of halogens is 1. The van der Waals surface area contributed by atoms with E-state index in [0.717, 1.165) is 21.7 Å². The van der Waals surface area contributed by atoms with Crippen molar-refractivity contribution in [3.63, 3.8) is 0 Å². The Kier molecular flexibility index (Phi) is 16.6. The highest BCUT2D eigenvalue weighted by Crippen LogP contribution is 2.30. The third-order valence-electron chi connectivity index (χ3n) is 10.1. The first-order valence-electron chi connectivity index (χ1n) is 20.4. The molecule has 0 saturated carbocycles. The van der Waals surface area contributed by atoms with Gasteiger partial charge in [-0.3, -0.25) is 19.2 Å². The topological polar surface area (TPSA) is 202 Å². The number of aliphatic hydroxyl groups is 1. The summed E-state index contributed by atoms with van der Waals surface area (Å²) in [5, 5.41) is 19.2. The lowest BCUT2D eigenvalue weighted by atomic mass is 9.85. The number of carbonyl (C=O) groups is 5. The molecule has 60 heavy (non-hydrogen) atoms. The molecule has 2 aromatic carbocycles. The number of unbranched alkanes of at least 4 members (excludes halogenated alkanes) is 1. The predicted molar refractivity (Wildman–Crippen MR) is 227 cm³/mol. The zero-order valence-corrected chi connectivity index (χ0v) is 36.7. The SMILES string of the molecule is Cc1ncsc1-c1ccc([C@H](C)NC(=O)[C@@H]2C[C@@H](O)CN2C(=O)[C@@H](NC(=O)CCCCc2cccc(OC[C@H](CCC(N)=O)NC(=O)OC(C)(C)C)c2F)C(C)(C)C)cc1. The molecule has 0 bridgehead atoms. The number of nitrogens with zero attached hydrogens (tertiary/aromatic N) is 2. The highest BCUT2D eigenvalue weighted by molar-refractivity contribution is 7.13. The number of β-amino-alcohol motifs (C(OH)–C–C–N with tert-alkyl or cyclic N) is 1. The quantitative estimate of drug-likeness (QED) is 0.0970. The highest BCUT2D eigenvalue weighted by Gasteiger charge is 2.44. The highest BCUT2D eigenvalue weighted by atomic mass is 32.1. The van der Waals surface area contributed by atoms with Crippen LogP contribution in [0.15, 0.2) is 48.0 Å². The molecule has 328 valence electrons. The molecule has 0 aliphatic carbocycles. The second-order valence-electron chi connectivity index (χ2n) is 17.5. The van der Waals surface area contributed by atoms with Gasteiger partial charge in [-0.2, -0.15) is 0 Å². The predicted octanol–water partition coefficient (Wildman–Crippen LogP) is 5.88. The average Bonchev–Trinajstić information content (AvgIpc) is 3.78. The van der Waals surface area contributed by atoms with Gasteiger partial charge in [0.1, 0.15) is 24.3 Å². The maximum atomic E-state index is 15.5. The van der Waals surface area contributed by atoms with Crippen molar-refractivity contribution in [1.82, 2.24) is 25.8 Å². The van der Waals surface area contributed by atoms with Gasteiger partial charge in [-0.1, -0.05) is 57.2 Å². The molecule has 1 aliphatic rings. The van der Waals surface area contributed by atoms with Crippen molar-refractivity contribution in [2.75, 3.05) is 13.2 Å².